The standard InChI is InChI=1S/C21H27N3O2/c1-13(2)26-20-8-5-15(9-21(20)25-4)12-24-16-6-7-19(24)17-11-22-14(3)23-18(17)10-16/h5,8-9,11,13,16,19H,6-7,10,12H2,1-4H3. The summed E-state index contributed by atoms with van der Waals surface area (Å²) in [5.41, 5.74) is 3.82. The first-order valence-corrected chi connectivity index (χ1v) is 9.47. The quantitative estimate of drug-likeness (QED) is 0.817. The number of rotatable bonds is 5. The molecule has 26 heavy (non-hydrogen) atoms. The topological polar surface area (TPSA) is 47.5 Å². The maximum absolute atomic E-state index is 5.84. The third kappa shape index (κ3) is 3.16. The summed E-state index contributed by atoms with van der Waals surface area (Å²) < 4.78 is 11.4. The van der Waals surface area contributed by atoms with E-state index < -0.39 is 0 Å². The molecule has 1 fully saturated rings. The van der Waals surface area contributed by atoms with Crippen LogP contribution < -0.4 is 9.47 Å². The number of ether oxygens (including phenoxy) is 2. The van der Waals surface area contributed by atoms with Crippen molar-refractivity contribution in [3.63, 3.8) is 0 Å². The Kier molecular flexibility index (Phi) is 4.57. The Labute approximate surface area is 155 Å². The van der Waals surface area contributed by atoms with Gasteiger partial charge in [-0.05, 0) is 51.3 Å². The van der Waals surface area contributed by atoms with Gasteiger partial charge in [-0.25, -0.2) is 9.97 Å². The van der Waals surface area contributed by atoms with E-state index in [4.69, 9.17) is 9.47 Å². The Bertz CT molecular complexity index is 806. The van der Waals surface area contributed by atoms with Crippen molar-refractivity contribution in [1.82, 2.24) is 14.9 Å². The average Bonchev–Trinajstić information content (AvgIpc) is 2.88. The van der Waals surface area contributed by atoms with Crippen molar-refractivity contribution in [2.75, 3.05) is 7.11 Å². The molecule has 2 aliphatic heterocycles. The van der Waals surface area contributed by atoms with Crippen LogP contribution in [0.25, 0.3) is 0 Å². The number of aromatic nitrogens is 2. The Morgan fingerprint density at radius 3 is 2.85 bits per heavy atom. The highest BCUT2D eigenvalue weighted by Crippen LogP contribution is 2.44. The van der Waals surface area contributed by atoms with Gasteiger partial charge in [0.15, 0.2) is 11.5 Å². The Hall–Kier alpha value is -2.14. The number of aryl methyl sites for hydroxylation is 1. The summed E-state index contributed by atoms with van der Waals surface area (Å²) in [5.74, 6) is 2.49. The molecule has 2 aliphatic rings. The minimum absolute atomic E-state index is 0.132. The first-order valence-electron chi connectivity index (χ1n) is 9.47. The van der Waals surface area contributed by atoms with E-state index in [9.17, 15) is 0 Å². The summed E-state index contributed by atoms with van der Waals surface area (Å²) >= 11 is 0. The van der Waals surface area contributed by atoms with Crippen LogP contribution >= 0.6 is 0 Å². The molecule has 1 saturated heterocycles. The van der Waals surface area contributed by atoms with Crippen LogP contribution in [0.15, 0.2) is 24.4 Å². The highest BCUT2D eigenvalue weighted by Gasteiger charge is 2.40. The third-order valence-corrected chi connectivity index (χ3v) is 5.41. The molecule has 5 heteroatoms. The number of methoxy groups -OCH3 is 1. The van der Waals surface area contributed by atoms with E-state index in [2.05, 4.69) is 27.0 Å². The maximum atomic E-state index is 5.84. The van der Waals surface area contributed by atoms with Gasteiger partial charge in [0.1, 0.15) is 5.82 Å². The molecular formula is C21H27N3O2. The van der Waals surface area contributed by atoms with Crippen molar-refractivity contribution < 1.29 is 9.47 Å². The molecule has 0 amide bonds. The molecule has 0 spiro atoms. The normalized spacial score (nSPS) is 21.7. The van der Waals surface area contributed by atoms with Gasteiger partial charge < -0.3 is 9.47 Å². The highest BCUT2D eigenvalue weighted by molar-refractivity contribution is 5.43. The van der Waals surface area contributed by atoms with Gasteiger partial charge in [0.05, 0.1) is 18.9 Å². The molecule has 0 aliphatic carbocycles. The van der Waals surface area contributed by atoms with Crippen LogP contribution in [-0.4, -0.2) is 34.1 Å². The minimum atomic E-state index is 0.132. The van der Waals surface area contributed by atoms with Gasteiger partial charge in [-0.3, -0.25) is 4.90 Å². The first kappa shape index (κ1) is 17.3. The predicted octanol–water partition coefficient (Wildman–Crippen LogP) is 3.84. The summed E-state index contributed by atoms with van der Waals surface area (Å²) in [6.45, 7) is 6.95. The summed E-state index contributed by atoms with van der Waals surface area (Å²) in [4.78, 5) is 11.7. The molecule has 0 N–H and O–H groups in total. The van der Waals surface area contributed by atoms with E-state index in [0.29, 0.717) is 12.1 Å². The van der Waals surface area contributed by atoms with Gasteiger partial charge in [0.2, 0.25) is 0 Å². The van der Waals surface area contributed by atoms with Gasteiger partial charge >= 0.3 is 0 Å². The molecule has 2 atom stereocenters. The number of hydrogen-bond donors (Lipinski definition) is 0. The van der Waals surface area contributed by atoms with Crippen LogP contribution in [0.3, 0.4) is 0 Å². The molecule has 1 aromatic carbocycles. The molecule has 2 bridgehead atoms. The lowest BCUT2D eigenvalue weighted by molar-refractivity contribution is 0.165. The summed E-state index contributed by atoms with van der Waals surface area (Å²) in [6, 6.07) is 7.29. The fraction of sp³-hybridized carbons (Fsp3) is 0.524. The van der Waals surface area contributed by atoms with Gasteiger partial charge in [-0.15, -0.1) is 0 Å². The molecule has 0 radical (unpaired) electrons. The van der Waals surface area contributed by atoms with Crippen molar-refractivity contribution in [2.24, 2.45) is 0 Å². The zero-order chi connectivity index (χ0) is 18.3. The van der Waals surface area contributed by atoms with Crippen molar-refractivity contribution in [2.45, 2.75) is 64.8 Å². The molecule has 1 aromatic heterocycles. The molecule has 5 nitrogen and oxygen atoms in total. The average molecular weight is 353 g/mol. The molecule has 2 unspecified atom stereocenters. The predicted molar refractivity (Wildman–Crippen MR) is 101 cm³/mol. The lowest BCUT2D eigenvalue weighted by Gasteiger charge is -2.35. The van der Waals surface area contributed by atoms with Crippen molar-refractivity contribution in [1.29, 1.82) is 0 Å². The Balaban J connectivity index is 1.57. The van der Waals surface area contributed by atoms with E-state index in [-0.39, 0.29) is 6.10 Å². The smallest absolute Gasteiger partial charge is 0.161 e. The van der Waals surface area contributed by atoms with E-state index in [1.165, 1.54) is 29.7 Å². The maximum Gasteiger partial charge on any atom is 0.161 e. The molecule has 0 saturated carbocycles. The lowest BCUT2D eigenvalue weighted by Crippen LogP contribution is -2.37. The zero-order valence-corrected chi connectivity index (χ0v) is 16.0. The fourth-order valence-electron chi connectivity index (χ4n) is 4.29. The fourth-order valence-corrected chi connectivity index (χ4v) is 4.29. The van der Waals surface area contributed by atoms with Crippen LogP contribution in [0.2, 0.25) is 0 Å². The van der Waals surface area contributed by atoms with E-state index >= 15 is 0 Å². The van der Waals surface area contributed by atoms with Crippen LogP contribution in [0.1, 0.15) is 55.4 Å². The highest BCUT2D eigenvalue weighted by atomic mass is 16.5. The van der Waals surface area contributed by atoms with Crippen molar-refractivity contribution >= 4 is 0 Å². The van der Waals surface area contributed by atoms with Gasteiger partial charge in [-0.1, -0.05) is 6.07 Å². The van der Waals surface area contributed by atoms with Crippen LogP contribution in [-0.2, 0) is 13.0 Å². The summed E-state index contributed by atoms with van der Waals surface area (Å²) in [5, 5.41) is 0. The number of benzene rings is 1. The second-order valence-corrected chi connectivity index (χ2v) is 7.59. The molecule has 138 valence electrons. The van der Waals surface area contributed by atoms with Crippen molar-refractivity contribution in [3.05, 3.63) is 47.0 Å². The molecule has 2 aromatic rings. The van der Waals surface area contributed by atoms with Gasteiger partial charge in [0, 0.05) is 36.8 Å². The Morgan fingerprint density at radius 1 is 1.23 bits per heavy atom. The summed E-state index contributed by atoms with van der Waals surface area (Å²) in [6.07, 6.45) is 5.62. The van der Waals surface area contributed by atoms with E-state index in [0.717, 1.165) is 30.3 Å². The largest absolute Gasteiger partial charge is 0.493 e. The van der Waals surface area contributed by atoms with E-state index in [1.54, 1.807) is 7.11 Å². The molecule has 4 rings (SSSR count). The first-order chi connectivity index (χ1) is 12.5. The van der Waals surface area contributed by atoms with Crippen LogP contribution in [0.4, 0.5) is 0 Å². The van der Waals surface area contributed by atoms with Gasteiger partial charge in [-0.2, -0.15) is 0 Å². The number of hydrogen-bond acceptors (Lipinski definition) is 5. The van der Waals surface area contributed by atoms with Crippen LogP contribution in [0.5, 0.6) is 11.5 Å². The van der Waals surface area contributed by atoms with Crippen molar-refractivity contribution in [3.8, 4) is 11.5 Å². The lowest BCUT2D eigenvalue weighted by atomic mass is 9.98. The van der Waals surface area contributed by atoms with E-state index in [1.807, 2.05) is 33.0 Å². The SMILES string of the molecule is COc1cc(CN2C3CCC2c2cnc(C)nc2C3)ccc1OC(C)C. The monoisotopic (exact) mass is 353 g/mol. The minimum Gasteiger partial charge on any atom is -0.493 e. The molecule has 3 heterocycles. The zero-order valence-electron chi connectivity index (χ0n) is 16.0. The number of fused-ring (bicyclic) bond motifs is 4. The summed E-state index contributed by atoms with van der Waals surface area (Å²) in [7, 11) is 1.70. The second-order valence-electron chi connectivity index (χ2n) is 7.59. The van der Waals surface area contributed by atoms with Crippen LogP contribution in [0, 0.1) is 6.92 Å². The third-order valence-electron chi connectivity index (χ3n) is 5.41. The molecular weight excluding hydrogens is 326 g/mol. The number of nitrogens with zero attached hydrogens (tertiary/aromatic N) is 3. The van der Waals surface area contributed by atoms with Gasteiger partial charge in [0.25, 0.3) is 0 Å². The second kappa shape index (κ2) is 6.88. The Morgan fingerprint density at radius 2 is 2.08 bits per heavy atom.